The van der Waals surface area contributed by atoms with Crippen LogP contribution in [0.2, 0.25) is 0 Å². The lowest BCUT2D eigenvalue weighted by Crippen LogP contribution is -2.18. The zero-order valence-corrected chi connectivity index (χ0v) is 10.3. The van der Waals surface area contributed by atoms with Crippen LogP contribution in [0.5, 0.6) is 11.5 Å². The van der Waals surface area contributed by atoms with Crippen LogP contribution in [-0.2, 0) is 0 Å². The Morgan fingerprint density at radius 2 is 1.94 bits per heavy atom. The summed E-state index contributed by atoms with van der Waals surface area (Å²) in [5.41, 5.74) is 1.28. The highest BCUT2D eigenvalue weighted by molar-refractivity contribution is 5.49. The van der Waals surface area contributed by atoms with Crippen LogP contribution in [0.4, 0.5) is 0 Å². The lowest BCUT2D eigenvalue weighted by molar-refractivity contribution is 0.168. The topological polar surface area (TPSA) is 18.5 Å². The van der Waals surface area contributed by atoms with Crippen molar-refractivity contribution in [3.05, 3.63) is 23.8 Å². The molecule has 88 valence electrons. The molecule has 0 saturated carbocycles. The van der Waals surface area contributed by atoms with Crippen molar-refractivity contribution < 1.29 is 9.47 Å². The van der Waals surface area contributed by atoms with Crippen molar-refractivity contribution in [3.8, 4) is 11.5 Å². The number of hydrogen-bond acceptors (Lipinski definition) is 2. The van der Waals surface area contributed by atoms with Gasteiger partial charge >= 0.3 is 0 Å². The Morgan fingerprint density at radius 3 is 2.69 bits per heavy atom. The number of benzene rings is 1. The minimum Gasteiger partial charge on any atom is -0.486 e. The molecule has 0 aliphatic carbocycles. The lowest BCUT2D eigenvalue weighted by atomic mass is 9.86. The van der Waals surface area contributed by atoms with E-state index in [2.05, 4.69) is 32.9 Å². The van der Waals surface area contributed by atoms with Gasteiger partial charge in [0.1, 0.15) is 13.2 Å². The molecule has 0 amide bonds. The lowest BCUT2D eigenvalue weighted by Gasteiger charge is -2.26. The fourth-order valence-corrected chi connectivity index (χ4v) is 2.11. The number of para-hydroxylation sites is 1. The molecular weight excluding hydrogens is 200 g/mol. The third kappa shape index (κ3) is 2.01. The van der Waals surface area contributed by atoms with Crippen LogP contribution in [0, 0.1) is 5.92 Å². The van der Waals surface area contributed by atoms with E-state index in [0.29, 0.717) is 25.0 Å². The maximum Gasteiger partial charge on any atom is 0.164 e. The minimum absolute atomic E-state index is 0.515. The highest BCUT2D eigenvalue weighted by Crippen LogP contribution is 2.40. The van der Waals surface area contributed by atoms with Gasteiger partial charge in [0.2, 0.25) is 0 Å². The molecule has 2 nitrogen and oxygen atoms in total. The van der Waals surface area contributed by atoms with E-state index in [4.69, 9.17) is 9.47 Å². The second-order valence-corrected chi connectivity index (χ2v) is 4.55. The largest absolute Gasteiger partial charge is 0.486 e. The Bertz CT molecular complexity index is 360. The summed E-state index contributed by atoms with van der Waals surface area (Å²) in [7, 11) is 0. The SMILES string of the molecule is CC[C@@H](C)C(C)c1cccc2c1OCCO2. The van der Waals surface area contributed by atoms with Gasteiger partial charge in [-0.05, 0) is 17.9 Å². The summed E-state index contributed by atoms with van der Waals surface area (Å²) >= 11 is 0. The van der Waals surface area contributed by atoms with Crippen molar-refractivity contribution in [2.45, 2.75) is 33.1 Å². The maximum absolute atomic E-state index is 5.75. The molecule has 1 aliphatic rings. The standard InChI is InChI=1S/C14H20O2/c1-4-10(2)11(3)12-6-5-7-13-14(12)16-9-8-15-13/h5-7,10-11H,4,8-9H2,1-3H3/t10-,11?/m1/s1. The zero-order chi connectivity index (χ0) is 11.5. The molecule has 0 fully saturated rings. The van der Waals surface area contributed by atoms with Crippen molar-refractivity contribution in [2.24, 2.45) is 5.92 Å². The predicted molar refractivity (Wildman–Crippen MR) is 65.3 cm³/mol. The normalized spacial score (nSPS) is 17.9. The first-order valence-electron chi connectivity index (χ1n) is 6.12. The molecule has 0 N–H and O–H groups in total. The van der Waals surface area contributed by atoms with E-state index in [0.717, 1.165) is 11.5 Å². The quantitative estimate of drug-likeness (QED) is 0.774. The van der Waals surface area contributed by atoms with Crippen molar-refractivity contribution in [3.63, 3.8) is 0 Å². The maximum atomic E-state index is 5.75. The van der Waals surface area contributed by atoms with E-state index in [-0.39, 0.29) is 0 Å². The average molecular weight is 220 g/mol. The van der Waals surface area contributed by atoms with Crippen LogP contribution >= 0.6 is 0 Å². The van der Waals surface area contributed by atoms with E-state index in [1.54, 1.807) is 0 Å². The highest BCUT2D eigenvalue weighted by Gasteiger charge is 2.21. The third-order valence-corrected chi connectivity index (χ3v) is 3.58. The summed E-state index contributed by atoms with van der Waals surface area (Å²) < 4.78 is 11.3. The molecule has 1 unspecified atom stereocenters. The van der Waals surface area contributed by atoms with Crippen molar-refractivity contribution >= 4 is 0 Å². The molecule has 1 aromatic rings. The van der Waals surface area contributed by atoms with Crippen molar-refractivity contribution in [1.29, 1.82) is 0 Å². The van der Waals surface area contributed by atoms with Crippen LogP contribution in [-0.4, -0.2) is 13.2 Å². The van der Waals surface area contributed by atoms with E-state index in [9.17, 15) is 0 Å². The summed E-state index contributed by atoms with van der Waals surface area (Å²) in [4.78, 5) is 0. The Kier molecular flexibility index (Phi) is 3.37. The Labute approximate surface area is 97.6 Å². The fraction of sp³-hybridized carbons (Fsp3) is 0.571. The van der Waals surface area contributed by atoms with Crippen molar-refractivity contribution in [1.82, 2.24) is 0 Å². The van der Waals surface area contributed by atoms with E-state index in [1.165, 1.54) is 12.0 Å². The van der Waals surface area contributed by atoms with Gasteiger partial charge in [-0.25, -0.2) is 0 Å². The van der Waals surface area contributed by atoms with Gasteiger partial charge in [-0.15, -0.1) is 0 Å². The molecular formula is C14H20O2. The molecule has 16 heavy (non-hydrogen) atoms. The molecule has 0 saturated heterocycles. The number of hydrogen-bond donors (Lipinski definition) is 0. The van der Waals surface area contributed by atoms with Crippen molar-refractivity contribution in [2.75, 3.05) is 13.2 Å². The van der Waals surface area contributed by atoms with E-state index in [1.807, 2.05) is 6.07 Å². The second kappa shape index (κ2) is 4.77. The van der Waals surface area contributed by atoms with Gasteiger partial charge in [0.25, 0.3) is 0 Å². The predicted octanol–water partition coefficient (Wildman–Crippen LogP) is 3.61. The fourth-order valence-electron chi connectivity index (χ4n) is 2.11. The van der Waals surface area contributed by atoms with Gasteiger partial charge in [-0.2, -0.15) is 0 Å². The Hall–Kier alpha value is -1.18. The van der Waals surface area contributed by atoms with Gasteiger partial charge in [-0.3, -0.25) is 0 Å². The Morgan fingerprint density at radius 1 is 1.19 bits per heavy atom. The number of fused-ring (bicyclic) bond motifs is 1. The molecule has 2 heteroatoms. The Balaban J connectivity index is 2.33. The summed E-state index contributed by atoms with van der Waals surface area (Å²) in [6, 6.07) is 6.20. The molecule has 0 aromatic heterocycles. The smallest absolute Gasteiger partial charge is 0.164 e. The molecule has 2 rings (SSSR count). The van der Waals surface area contributed by atoms with Gasteiger partial charge in [0.15, 0.2) is 11.5 Å². The number of rotatable bonds is 3. The summed E-state index contributed by atoms with van der Waals surface area (Å²) in [5.74, 6) is 3.04. The van der Waals surface area contributed by atoms with Crippen LogP contribution in [0.25, 0.3) is 0 Å². The summed E-state index contributed by atoms with van der Waals surface area (Å²) in [6.45, 7) is 8.11. The molecule has 0 bridgehead atoms. The molecule has 0 spiro atoms. The third-order valence-electron chi connectivity index (χ3n) is 3.58. The molecule has 1 aromatic carbocycles. The van der Waals surface area contributed by atoms with Crippen LogP contribution in [0.1, 0.15) is 38.7 Å². The first-order valence-corrected chi connectivity index (χ1v) is 6.12. The second-order valence-electron chi connectivity index (χ2n) is 4.55. The van der Waals surface area contributed by atoms with Crippen LogP contribution in [0.3, 0.4) is 0 Å². The van der Waals surface area contributed by atoms with Gasteiger partial charge < -0.3 is 9.47 Å². The summed E-state index contributed by atoms with van der Waals surface area (Å²) in [5, 5.41) is 0. The zero-order valence-electron chi connectivity index (χ0n) is 10.3. The molecule has 1 aliphatic heterocycles. The molecule has 2 atom stereocenters. The summed E-state index contributed by atoms with van der Waals surface area (Å²) in [6.07, 6.45) is 1.19. The van der Waals surface area contributed by atoms with E-state index >= 15 is 0 Å². The van der Waals surface area contributed by atoms with Gasteiger partial charge in [0.05, 0.1) is 0 Å². The number of ether oxygens (including phenoxy) is 2. The van der Waals surface area contributed by atoms with E-state index < -0.39 is 0 Å². The monoisotopic (exact) mass is 220 g/mol. The first-order chi connectivity index (χ1) is 7.74. The molecule has 1 heterocycles. The highest BCUT2D eigenvalue weighted by atomic mass is 16.6. The van der Waals surface area contributed by atoms with Crippen LogP contribution in [0.15, 0.2) is 18.2 Å². The van der Waals surface area contributed by atoms with Gasteiger partial charge in [0, 0.05) is 5.56 Å². The van der Waals surface area contributed by atoms with Gasteiger partial charge in [-0.1, -0.05) is 39.3 Å². The first kappa shape index (κ1) is 11.3. The minimum atomic E-state index is 0.515. The molecule has 0 radical (unpaired) electrons. The average Bonchev–Trinajstić information content (AvgIpc) is 2.36. The van der Waals surface area contributed by atoms with Crippen LogP contribution < -0.4 is 9.47 Å².